The van der Waals surface area contributed by atoms with Crippen LogP contribution in [-0.4, -0.2) is 96.3 Å². The zero-order chi connectivity index (χ0) is 32.6. The van der Waals surface area contributed by atoms with Gasteiger partial charge in [-0.1, -0.05) is 18.6 Å². The van der Waals surface area contributed by atoms with Gasteiger partial charge in [-0.05, 0) is 94.3 Å². The number of carbonyl (C=O) groups is 2. The van der Waals surface area contributed by atoms with E-state index >= 15 is 4.39 Å². The van der Waals surface area contributed by atoms with Crippen LogP contribution in [-0.2, 0) is 11.3 Å². The maximum atomic E-state index is 15.4. The number of hydroxylamine groups is 1. The quantitative estimate of drug-likeness (QED) is 0.143. The molecule has 5 rings (SSSR count). The molecule has 0 aliphatic carbocycles. The fourth-order valence-electron chi connectivity index (χ4n) is 6.10. The summed E-state index contributed by atoms with van der Waals surface area (Å²) in [5.41, 5.74) is 4.79. The van der Waals surface area contributed by atoms with E-state index < -0.39 is 5.82 Å². The van der Waals surface area contributed by atoms with E-state index in [1.54, 1.807) is 28.2 Å². The lowest BCUT2D eigenvalue weighted by atomic mass is 10.1. The number of hydrogen-bond acceptors (Lipinski definition) is 8. The minimum atomic E-state index is -0.418. The summed E-state index contributed by atoms with van der Waals surface area (Å²) in [6, 6.07) is 10.4. The van der Waals surface area contributed by atoms with Crippen molar-refractivity contribution in [2.45, 2.75) is 45.1 Å². The lowest BCUT2D eigenvalue weighted by Gasteiger charge is -2.36. The summed E-state index contributed by atoms with van der Waals surface area (Å²) in [6.45, 7) is 5.82. The Bertz CT molecular complexity index is 1640. The average molecular weight is 670 g/mol. The molecule has 0 radical (unpaired) electrons. The highest BCUT2D eigenvalue weighted by atomic mass is 35.5. The summed E-state index contributed by atoms with van der Waals surface area (Å²) in [5.74, 6) is -0.285. The molecule has 1 fully saturated rings. The molecule has 0 spiro atoms. The molecule has 3 N–H and O–H groups in total. The standard InChI is InChI=1S/C34H44FN7O4.ClH/c1-39(2)14-6-13-36-33(44)25-10-8-24(9-11-25)21-26-12-16-42-32(26)37-29-23-30(28(35)22-27(29)34(42)45)41-19-17-40(18-20-41)15-5-3-4-7-31(43)38-46;/h8-11,21-23,46H,3-7,12-20H2,1-2H3,(H,36,44)(H,38,43);1H/b26-21+;. The number of allylic oxidation sites excluding steroid dienone is 1. The van der Waals surface area contributed by atoms with Crippen molar-refractivity contribution in [1.82, 2.24) is 30.1 Å². The number of benzene rings is 2. The third-order valence-corrected chi connectivity index (χ3v) is 8.71. The predicted octanol–water partition coefficient (Wildman–Crippen LogP) is 3.77. The van der Waals surface area contributed by atoms with Crippen LogP contribution in [0, 0.1) is 5.82 Å². The molecule has 0 atom stereocenters. The number of amides is 2. The summed E-state index contributed by atoms with van der Waals surface area (Å²) in [7, 11) is 4.01. The van der Waals surface area contributed by atoms with Crippen molar-refractivity contribution in [3.63, 3.8) is 0 Å². The second-order valence-electron chi connectivity index (χ2n) is 12.3. The van der Waals surface area contributed by atoms with Gasteiger partial charge in [0.25, 0.3) is 11.5 Å². The van der Waals surface area contributed by atoms with Crippen LogP contribution in [0.5, 0.6) is 0 Å². The number of hydrogen-bond donors (Lipinski definition) is 3. The molecule has 2 aliphatic rings. The number of carbonyl (C=O) groups excluding carboxylic acids is 2. The van der Waals surface area contributed by atoms with Crippen LogP contribution in [0.4, 0.5) is 10.1 Å². The van der Waals surface area contributed by atoms with Crippen molar-refractivity contribution in [2.75, 3.05) is 64.8 Å². The first kappa shape index (κ1) is 36.0. The predicted molar refractivity (Wildman–Crippen MR) is 185 cm³/mol. The molecule has 3 heterocycles. The molecular weight excluding hydrogens is 625 g/mol. The molecule has 3 aromatic rings. The first-order valence-corrected chi connectivity index (χ1v) is 16.1. The molecular formula is C34H45ClFN7O4. The lowest BCUT2D eigenvalue weighted by molar-refractivity contribution is -0.129. The number of unbranched alkanes of at least 4 members (excludes halogenated alkanes) is 2. The molecule has 13 heteroatoms. The van der Waals surface area contributed by atoms with Crippen LogP contribution in [0.15, 0.2) is 41.2 Å². The van der Waals surface area contributed by atoms with Crippen LogP contribution in [0.25, 0.3) is 22.6 Å². The van der Waals surface area contributed by atoms with Gasteiger partial charge in [0, 0.05) is 51.3 Å². The smallest absolute Gasteiger partial charge is 0.261 e. The van der Waals surface area contributed by atoms with Crippen molar-refractivity contribution in [2.24, 2.45) is 0 Å². The minimum absolute atomic E-state index is 0. The van der Waals surface area contributed by atoms with Gasteiger partial charge in [0.1, 0.15) is 11.6 Å². The first-order valence-electron chi connectivity index (χ1n) is 16.1. The van der Waals surface area contributed by atoms with Gasteiger partial charge in [0.05, 0.1) is 16.6 Å². The Hall–Kier alpha value is -3.84. The van der Waals surface area contributed by atoms with Crippen molar-refractivity contribution in [1.29, 1.82) is 0 Å². The van der Waals surface area contributed by atoms with Gasteiger partial charge < -0.3 is 15.1 Å². The van der Waals surface area contributed by atoms with Crippen LogP contribution in [0.3, 0.4) is 0 Å². The Morgan fingerprint density at radius 2 is 1.77 bits per heavy atom. The molecule has 11 nitrogen and oxygen atoms in total. The number of rotatable bonds is 13. The highest BCUT2D eigenvalue weighted by Gasteiger charge is 2.24. The molecule has 47 heavy (non-hydrogen) atoms. The maximum absolute atomic E-state index is 15.4. The normalized spacial score (nSPS) is 15.6. The number of aromatic nitrogens is 2. The molecule has 2 amide bonds. The van der Waals surface area contributed by atoms with Gasteiger partial charge in [-0.3, -0.25) is 29.1 Å². The molecule has 0 bridgehead atoms. The molecule has 1 saturated heterocycles. The highest BCUT2D eigenvalue weighted by molar-refractivity contribution is 5.94. The van der Waals surface area contributed by atoms with E-state index in [4.69, 9.17) is 10.2 Å². The summed E-state index contributed by atoms with van der Waals surface area (Å²) in [5, 5.41) is 11.8. The molecule has 2 aromatic carbocycles. The van der Waals surface area contributed by atoms with Crippen LogP contribution in [0.1, 0.15) is 60.3 Å². The fourth-order valence-corrected chi connectivity index (χ4v) is 6.10. The average Bonchev–Trinajstić information content (AvgIpc) is 3.45. The van der Waals surface area contributed by atoms with E-state index in [1.807, 2.05) is 37.2 Å². The third kappa shape index (κ3) is 9.16. The summed E-state index contributed by atoms with van der Waals surface area (Å²) >= 11 is 0. The van der Waals surface area contributed by atoms with Crippen molar-refractivity contribution >= 4 is 52.5 Å². The Balaban J connectivity index is 0.00000500. The summed E-state index contributed by atoms with van der Waals surface area (Å²) in [4.78, 5) is 48.3. The van der Waals surface area contributed by atoms with E-state index in [9.17, 15) is 14.4 Å². The fraction of sp³-hybridized carbons (Fsp3) is 0.471. The van der Waals surface area contributed by atoms with Gasteiger partial charge in [0.2, 0.25) is 5.91 Å². The number of halogens is 2. The van der Waals surface area contributed by atoms with Crippen LogP contribution < -0.4 is 21.3 Å². The largest absolute Gasteiger partial charge is 0.367 e. The second kappa shape index (κ2) is 16.8. The lowest BCUT2D eigenvalue weighted by Crippen LogP contribution is -2.47. The van der Waals surface area contributed by atoms with Gasteiger partial charge in [-0.15, -0.1) is 12.4 Å². The Kier molecular flexibility index (Phi) is 12.9. The van der Waals surface area contributed by atoms with Crippen LogP contribution >= 0.6 is 12.4 Å². The number of fused-ring (bicyclic) bond motifs is 2. The van der Waals surface area contributed by atoms with E-state index in [2.05, 4.69) is 15.1 Å². The van der Waals surface area contributed by atoms with Crippen molar-refractivity contribution in [3.8, 4) is 0 Å². The monoisotopic (exact) mass is 669 g/mol. The van der Waals surface area contributed by atoms with Gasteiger partial charge in [-0.25, -0.2) is 14.9 Å². The molecule has 254 valence electrons. The molecule has 0 saturated carbocycles. The first-order chi connectivity index (χ1) is 22.2. The highest BCUT2D eigenvalue weighted by Crippen LogP contribution is 2.30. The molecule has 1 aromatic heterocycles. The number of nitrogens with one attached hydrogen (secondary N) is 2. The number of piperazine rings is 1. The Morgan fingerprint density at radius 3 is 2.47 bits per heavy atom. The maximum Gasteiger partial charge on any atom is 0.261 e. The van der Waals surface area contributed by atoms with E-state index in [0.29, 0.717) is 61.6 Å². The minimum Gasteiger partial charge on any atom is -0.367 e. The Morgan fingerprint density at radius 1 is 1.02 bits per heavy atom. The Labute approximate surface area is 280 Å². The SMILES string of the molecule is CN(C)CCCNC(=O)c1ccc(/C=C2\CCn3c2nc2cc(N4CCN(CCCCCC(=O)NO)CC4)c(F)cc2c3=O)cc1.Cl. The molecule has 2 aliphatic heterocycles. The van der Waals surface area contributed by atoms with Crippen molar-refractivity contribution in [3.05, 3.63) is 69.5 Å². The third-order valence-electron chi connectivity index (χ3n) is 8.71. The van der Waals surface area contributed by atoms with Gasteiger partial charge in [-0.2, -0.15) is 0 Å². The summed E-state index contributed by atoms with van der Waals surface area (Å²) < 4.78 is 17.0. The van der Waals surface area contributed by atoms with Crippen molar-refractivity contribution < 1.29 is 19.2 Å². The van der Waals surface area contributed by atoms with E-state index in [0.717, 1.165) is 63.0 Å². The van der Waals surface area contributed by atoms with Gasteiger partial charge in [0.15, 0.2) is 0 Å². The number of anilines is 1. The second-order valence-corrected chi connectivity index (χ2v) is 12.3. The van der Waals surface area contributed by atoms with E-state index in [-0.39, 0.29) is 35.2 Å². The van der Waals surface area contributed by atoms with Gasteiger partial charge >= 0.3 is 0 Å². The zero-order valence-electron chi connectivity index (χ0n) is 27.1. The van der Waals surface area contributed by atoms with E-state index in [1.165, 1.54) is 6.07 Å². The number of nitrogens with zero attached hydrogens (tertiary/aromatic N) is 5. The molecule has 0 unspecified atom stereocenters. The summed E-state index contributed by atoms with van der Waals surface area (Å²) in [6.07, 6.45) is 6.41. The zero-order valence-corrected chi connectivity index (χ0v) is 28.0. The van der Waals surface area contributed by atoms with Crippen LogP contribution in [0.2, 0.25) is 0 Å². The topological polar surface area (TPSA) is 123 Å².